The number of halogens is 1. The molecule has 0 aliphatic carbocycles. The van der Waals surface area contributed by atoms with Gasteiger partial charge in [-0.1, -0.05) is 12.1 Å². The summed E-state index contributed by atoms with van der Waals surface area (Å²) in [4.78, 5) is 27.2. The van der Waals surface area contributed by atoms with Gasteiger partial charge < -0.3 is 14.9 Å². The monoisotopic (exact) mass is 335 g/mol. The lowest BCUT2D eigenvalue weighted by Gasteiger charge is -2.28. The summed E-state index contributed by atoms with van der Waals surface area (Å²) in [7, 11) is 0. The van der Waals surface area contributed by atoms with E-state index in [4.69, 9.17) is 0 Å². The maximum atomic E-state index is 13.6. The zero-order chi connectivity index (χ0) is 17.9. The van der Waals surface area contributed by atoms with Gasteiger partial charge in [-0.2, -0.15) is 0 Å². The molecule has 130 valence electrons. The summed E-state index contributed by atoms with van der Waals surface area (Å²) in [6.07, 6.45) is 0. The number of aliphatic hydroxyl groups is 1. The van der Waals surface area contributed by atoms with E-state index in [9.17, 15) is 19.1 Å². The first-order valence-electron chi connectivity index (χ1n) is 8.24. The zero-order valence-electron chi connectivity index (χ0n) is 14.3. The lowest BCUT2D eigenvalue weighted by molar-refractivity contribution is -0.895. The Morgan fingerprint density at radius 2 is 2.00 bits per heavy atom. The van der Waals surface area contributed by atoms with Gasteiger partial charge in [0, 0.05) is 0 Å². The molecule has 0 saturated heterocycles. The van der Waals surface area contributed by atoms with Gasteiger partial charge in [0.05, 0.1) is 37.8 Å². The number of nitrogens with one attached hydrogen (secondary N) is 1. The van der Waals surface area contributed by atoms with Crippen LogP contribution in [0.3, 0.4) is 0 Å². The molecule has 1 aromatic rings. The molecule has 1 aliphatic rings. The van der Waals surface area contributed by atoms with Gasteiger partial charge in [0.25, 0.3) is 5.91 Å². The molecular formula is C18H24FN2O3+. The van der Waals surface area contributed by atoms with Crippen LogP contribution in [0.2, 0.25) is 0 Å². The third kappa shape index (κ3) is 3.48. The first kappa shape index (κ1) is 18.1. The Balaban J connectivity index is 2.38. The van der Waals surface area contributed by atoms with Crippen molar-refractivity contribution in [3.63, 3.8) is 0 Å². The smallest absolute Gasteiger partial charge is 0.290 e. The van der Waals surface area contributed by atoms with Crippen molar-refractivity contribution in [3.05, 3.63) is 47.0 Å². The molecule has 1 heterocycles. The number of Topliss-reactive ketones (excluding diaryl/α,β-unsaturated/α-hetero) is 1. The van der Waals surface area contributed by atoms with Gasteiger partial charge >= 0.3 is 0 Å². The fourth-order valence-electron chi connectivity index (χ4n) is 3.15. The second-order valence-electron chi connectivity index (χ2n) is 5.98. The first-order valence-corrected chi connectivity index (χ1v) is 8.24. The molecule has 1 amide bonds. The third-order valence-corrected chi connectivity index (χ3v) is 4.55. The van der Waals surface area contributed by atoms with Gasteiger partial charge in [0.2, 0.25) is 0 Å². The summed E-state index contributed by atoms with van der Waals surface area (Å²) < 4.78 is 13.6. The molecule has 1 aromatic carbocycles. The van der Waals surface area contributed by atoms with Crippen LogP contribution >= 0.6 is 0 Å². The van der Waals surface area contributed by atoms with E-state index in [1.54, 1.807) is 6.07 Å². The van der Waals surface area contributed by atoms with Crippen molar-refractivity contribution in [2.24, 2.45) is 0 Å². The van der Waals surface area contributed by atoms with Crippen molar-refractivity contribution in [1.29, 1.82) is 0 Å². The molecule has 1 aliphatic heterocycles. The molecule has 6 heteroatoms. The molecule has 0 spiro atoms. The number of hydrogen-bond acceptors (Lipinski definition) is 3. The Bertz CT molecular complexity index is 668. The van der Waals surface area contributed by atoms with Crippen molar-refractivity contribution in [1.82, 2.24) is 4.90 Å². The van der Waals surface area contributed by atoms with E-state index in [1.165, 1.54) is 34.9 Å². The minimum absolute atomic E-state index is 0.0418. The van der Waals surface area contributed by atoms with Gasteiger partial charge in [0.1, 0.15) is 5.82 Å². The highest BCUT2D eigenvalue weighted by atomic mass is 19.1. The molecule has 0 saturated carbocycles. The normalized spacial score (nSPS) is 18.0. The van der Waals surface area contributed by atoms with E-state index in [-0.39, 0.29) is 11.4 Å². The summed E-state index contributed by atoms with van der Waals surface area (Å²) in [5.41, 5.74) is 0.535. The van der Waals surface area contributed by atoms with Crippen LogP contribution in [0.4, 0.5) is 4.39 Å². The molecule has 5 nitrogen and oxygen atoms in total. The van der Waals surface area contributed by atoms with Gasteiger partial charge in [-0.15, -0.1) is 0 Å². The van der Waals surface area contributed by atoms with Crippen LogP contribution in [-0.4, -0.2) is 47.9 Å². The summed E-state index contributed by atoms with van der Waals surface area (Å²) in [5, 5.41) is 10.1. The van der Waals surface area contributed by atoms with Crippen molar-refractivity contribution >= 4 is 11.7 Å². The van der Waals surface area contributed by atoms with E-state index in [0.29, 0.717) is 18.7 Å². The second-order valence-corrected chi connectivity index (χ2v) is 5.98. The summed E-state index contributed by atoms with van der Waals surface area (Å²) in [6.45, 7) is 8.35. The predicted octanol–water partition coefficient (Wildman–Crippen LogP) is 1.03. The standard InChI is InChI=1S/C18H23FN2O3/c1-4-20(5-2)9-10-21-16(13-7-6-8-14(19)11-13)15(12(3)22)17(23)18(21)24/h6-8,11,16,23H,4-5,9-10H2,1-3H3/p+1/t16-/m0/s1. The molecule has 0 unspecified atom stereocenters. The zero-order valence-corrected chi connectivity index (χ0v) is 14.3. The Kier molecular flexibility index (Phi) is 5.72. The number of carbonyl (C=O) groups excluding carboxylic acids is 2. The number of aliphatic hydroxyl groups excluding tert-OH is 1. The summed E-state index contributed by atoms with van der Waals surface area (Å²) in [6, 6.07) is 5.08. The molecule has 1 atom stereocenters. The van der Waals surface area contributed by atoms with E-state index >= 15 is 0 Å². The van der Waals surface area contributed by atoms with Crippen LogP contribution in [0.1, 0.15) is 32.4 Å². The SMILES string of the molecule is CC[NH+](CC)CCN1C(=O)C(O)=C(C(C)=O)[C@@H]1c1cccc(F)c1. The van der Waals surface area contributed by atoms with Crippen molar-refractivity contribution in [2.45, 2.75) is 26.8 Å². The molecule has 2 rings (SSSR count). The first-order chi connectivity index (χ1) is 11.4. The predicted molar refractivity (Wildman–Crippen MR) is 88.1 cm³/mol. The largest absolute Gasteiger partial charge is 0.503 e. The maximum absolute atomic E-state index is 13.6. The van der Waals surface area contributed by atoms with Crippen LogP contribution in [0.25, 0.3) is 0 Å². The highest BCUT2D eigenvalue weighted by molar-refractivity contribution is 6.08. The molecule has 0 bridgehead atoms. The number of rotatable bonds is 7. The highest BCUT2D eigenvalue weighted by Crippen LogP contribution is 2.37. The van der Waals surface area contributed by atoms with E-state index < -0.39 is 23.5 Å². The van der Waals surface area contributed by atoms with Crippen LogP contribution in [0, 0.1) is 5.82 Å². The lowest BCUT2D eigenvalue weighted by atomic mass is 9.96. The molecular weight excluding hydrogens is 311 g/mol. The quantitative estimate of drug-likeness (QED) is 0.782. The van der Waals surface area contributed by atoms with Crippen LogP contribution in [-0.2, 0) is 9.59 Å². The second kappa shape index (κ2) is 7.57. The number of benzene rings is 1. The minimum atomic E-state index is -0.735. The Morgan fingerprint density at radius 1 is 1.33 bits per heavy atom. The average molecular weight is 335 g/mol. The van der Waals surface area contributed by atoms with Crippen molar-refractivity contribution in [2.75, 3.05) is 26.2 Å². The average Bonchev–Trinajstić information content (AvgIpc) is 2.80. The van der Waals surface area contributed by atoms with E-state index in [0.717, 1.165) is 13.1 Å². The van der Waals surface area contributed by atoms with E-state index in [2.05, 4.69) is 13.8 Å². The number of quaternary nitrogens is 1. The maximum Gasteiger partial charge on any atom is 0.290 e. The number of amides is 1. The van der Waals surface area contributed by atoms with Gasteiger partial charge in [-0.05, 0) is 38.5 Å². The molecule has 0 radical (unpaired) electrons. The molecule has 24 heavy (non-hydrogen) atoms. The van der Waals surface area contributed by atoms with Crippen molar-refractivity contribution < 1.29 is 24.0 Å². The Hall–Kier alpha value is -2.21. The summed E-state index contributed by atoms with van der Waals surface area (Å²) in [5.74, 6) is -1.91. The number of nitrogens with zero attached hydrogens (tertiary/aromatic N) is 1. The Labute approximate surface area is 141 Å². The van der Waals surface area contributed by atoms with Crippen molar-refractivity contribution in [3.8, 4) is 0 Å². The van der Waals surface area contributed by atoms with E-state index in [1.807, 2.05) is 0 Å². The number of ketones is 1. The summed E-state index contributed by atoms with van der Waals surface area (Å²) >= 11 is 0. The molecule has 0 aromatic heterocycles. The topological polar surface area (TPSA) is 62.1 Å². The fourth-order valence-corrected chi connectivity index (χ4v) is 3.15. The van der Waals surface area contributed by atoms with Crippen LogP contribution < -0.4 is 4.90 Å². The van der Waals surface area contributed by atoms with Gasteiger partial charge in [0.15, 0.2) is 11.5 Å². The third-order valence-electron chi connectivity index (χ3n) is 4.55. The number of hydrogen-bond donors (Lipinski definition) is 2. The van der Waals surface area contributed by atoms with Gasteiger partial charge in [-0.25, -0.2) is 4.39 Å². The van der Waals surface area contributed by atoms with Crippen LogP contribution in [0.15, 0.2) is 35.6 Å². The minimum Gasteiger partial charge on any atom is -0.503 e. The van der Waals surface area contributed by atoms with Gasteiger partial charge in [-0.3, -0.25) is 9.59 Å². The number of carbonyl (C=O) groups is 2. The molecule has 0 fully saturated rings. The fraction of sp³-hybridized carbons (Fsp3) is 0.444. The highest BCUT2D eigenvalue weighted by Gasteiger charge is 2.42. The number of likely N-dealkylation sites (N-methyl/N-ethyl adjacent to an activating group) is 1. The lowest BCUT2D eigenvalue weighted by Crippen LogP contribution is -3.12. The van der Waals surface area contributed by atoms with Crippen LogP contribution in [0.5, 0.6) is 0 Å². The molecule has 2 N–H and O–H groups in total. The Morgan fingerprint density at radius 3 is 2.54 bits per heavy atom.